The van der Waals surface area contributed by atoms with Crippen LogP contribution in [-0.4, -0.2) is 24.5 Å². The molecule has 0 saturated carbocycles. The molecule has 0 spiro atoms. The van der Waals surface area contributed by atoms with Crippen LogP contribution >= 0.6 is 0 Å². The topological polar surface area (TPSA) is 67.4 Å². The van der Waals surface area contributed by atoms with Crippen molar-refractivity contribution in [2.24, 2.45) is 0 Å². The van der Waals surface area contributed by atoms with Crippen LogP contribution in [0.3, 0.4) is 0 Å². The van der Waals surface area contributed by atoms with E-state index in [1.807, 2.05) is 36.4 Å². The van der Waals surface area contributed by atoms with E-state index in [1.165, 1.54) is 16.3 Å². The average Bonchev–Trinajstić information content (AvgIpc) is 3.17. The molecule has 1 unspecified atom stereocenters. The minimum absolute atomic E-state index is 0.00477. The molecule has 3 aromatic rings. The van der Waals surface area contributed by atoms with Crippen LogP contribution in [-0.2, 0) is 22.6 Å². The number of carbonyl (C=O) groups is 2. The van der Waals surface area contributed by atoms with Crippen molar-refractivity contribution in [1.82, 2.24) is 10.6 Å². The van der Waals surface area contributed by atoms with Gasteiger partial charge in [0.25, 0.3) is 0 Å². The third kappa shape index (κ3) is 5.23. The van der Waals surface area contributed by atoms with E-state index in [0.29, 0.717) is 25.8 Å². The van der Waals surface area contributed by atoms with Crippen molar-refractivity contribution in [1.29, 1.82) is 0 Å². The molecule has 1 heterocycles. The number of methoxy groups -OCH3 is 1. The second-order valence-electron chi connectivity index (χ2n) is 8.31. The van der Waals surface area contributed by atoms with Crippen molar-refractivity contribution < 1.29 is 14.3 Å². The Hall–Kier alpha value is -3.34. The molecule has 2 N–H and O–H groups in total. The van der Waals surface area contributed by atoms with Gasteiger partial charge in [-0.2, -0.15) is 0 Å². The molecule has 1 atom stereocenters. The van der Waals surface area contributed by atoms with Crippen molar-refractivity contribution in [2.45, 2.75) is 44.2 Å². The number of rotatable bonds is 8. The summed E-state index contributed by atoms with van der Waals surface area (Å²) in [5, 5.41) is 8.55. The lowest BCUT2D eigenvalue weighted by Crippen LogP contribution is -2.44. The average molecular weight is 417 g/mol. The van der Waals surface area contributed by atoms with Gasteiger partial charge in [0, 0.05) is 24.9 Å². The maximum Gasteiger partial charge on any atom is 0.220 e. The molecular weight excluding hydrogens is 388 g/mol. The molecule has 0 radical (unpaired) electrons. The van der Waals surface area contributed by atoms with Crippen LogP contribution in [0, 0.1) is 0 Å². The Labute approximate surface area is 182 Å². The molecule has 0 aromatic heterocycles. The summed E-state index contributed by atoms with van der Waals surface area (Å²) in [6, 6.07) is 22.3. The zero-order chi connectivity index (χ0) is 21.7. The van der Waals surface area contributed by atoms with E-state index in [0.717, 1.165) is 24.2 Å². The third-order valence-corrected chi connectivity index (χ3v) is 6.07. The van der Waals surface area contributed by atoms with Crippen LogP contribution in [0.5, 0.6) is 5.75 Å². The predicted octanol–water partition coefficient (Wildman–Crippen LogP) is 4.14. The van der Waals surface area contributed by atoms with Crippen molar-refractivity contribution in [3.05, 3.63) is 77.9 Å². The highest BCUT2D eigenvalue weighted by atomic mass is 16.5. The summed E-state index contributed by atoms with van der Waals surface area (Å²) in [6.07, 6.45) is 3.00. The first kappa shape index (κ1) is 20.9. The van der Waals surface area contributed by atoms with Gasteiger partial charge in [-0.05, 0) is 53.3 Å². The summed E-state index contributed by atoms with van der Waals surface area (Å²) >= 11 is 0. The molecule has 1 aliphatic heterocycles. The Bertz CT molecular complexity index is 1080. The number of amides is 2. The minimum Gasteiger partial charge on any atom is -0.497 e. The zero-order valence-electron chi connectivity index (χ0n) is 17.8. The first-order valence-corrected chi connectivity index (χ1v) is 10.7. The second kappa shape index (κ2) is 9.21. The van der Waals surface area contributed by atoms with Crippen LogP contribution in [0.2, 0.25) is 0 Å². The number of hydrogen-bond acceptors (Lipinski definition) is 3. The van der Waals surface area contributed by atoms with Crippen molar-refractivity contribution in [2.75, 3.05) is 7.11 Å². The van der Waals surface area contributed by atoms with Crippen LogP contribution in [0.4, 0.5) is 0 Å². The van der Waals surface area contributed by atoms with Gasteiger partial charge in [-0.1, -0.05) is 54.6 Å². The quantitative estimate of drug-likeness (QED) is 0.580. The SMILES string of the molecule is COc1ccc(CNC(=O)CCC2(Cc3ccc4ccccc4c3)CCC(=O)N2)cc1. The maximum atomic E-state index is 12.5. The number of fused-ring (bicyclic) bond motifs is 1. The molecule has 1 fully saturated rings. The standard InChI is InChI=1S/C26H28N2O3/c1-31-23-10-7-19(8-11-23)18-27-24(29)12-14-26(15-13-25(30)28-26)17-20-6-9-21-4-2-3-5-22(21)16-20/h2-11,16H,12-15,17-18H2,1H3,(H,27,29)(H,28,30). The molecular formula is C26H28N2O3. The Kier molecular flexibility index (Phi) is 6.21. The van der Waals surface area contributed by atoms with Crippen molar-refractivity contribution >= 4 is 22.6 Å². The van der Waals surface area contributed by atoms with Gasteiger partial charge in [-0.3, -0.25) is 9.59 Å². The monoisotopic (exact) mass is 416 g/mol. The number of hydrogen-bond donors (Lipinski definition) is 2. The van der Waals surface area contributed by atoms with Crippen molar-refractivity contribution in [3.8, 4) is 5.75 Å². The van der Waals surface area contributed by atoms with Crippen LogP contribution in [0.15, 0.2) is 66.7 Å². The first-order chi connectivity index (χ1) is 15.0. The molecule has 160 valence electrons. The van der Waals surface area contributed by atoms with E-state index in [2.05, 4.69) is 41.0 Å². The van der Waals surface area contributed by atoms with Gasteiger partial charge in [0.2, 0.25) is 11.8 Å². The fourth-order valence-corrected chi connectivity index (χ4v) is 4.31. The summed E-state index contributed by atoms with van der Waals surface area (Å²) in [4.78, 5) is 24.5. The molecule has 0 aliphatic carbocycles. The summed E-state index contributed by atoms with van der Waals surface area (Å²) in [6.45, 7) is 0.479. The van der Waals surface area contributed by atoms with Gasteiger partial charge in [0.15, 0.2) is 0 Å². The summed E-state index contributed by atoms with van der Waals surface area (Å²) in [7, 11) is 1.63. The Morgan fingerprint density at radius 2 is 1.77 bits per heavy atom. The maximum absolute atomic E-state index is 12.5. The number of ether oxygens (including phenoxy) is 1. The van der Waals surface area contributed by atoms with E-state index < -0.39 is 0 Å². The molecule has 4 rings (SSSR count). The molecule has 3 aromatic carbocycles. The van der Waals surface area contributed by atoms with Crippen LogP contribution in [0.1, 0.15) is 36.8 Å². The highest BCUT2D eigenvalue weighted by Gasteiger charge is 2.37. The lowest BCUT2D eigenvalue weighted by molar-refractivity contribution is -0.122. The van der Waals surface area contributed by atoms with Crippen LogP contribution < -0.4 is 15.4 Å². The third-order valence-electron chi connectivity index (χ3n) is 6.07. The van der Waals surface area contributed by atoms with E-state index in [9.17, 15) is 9.59 Å². The normalized spacial score (nSPS) is 18.0. The van der Waals surface area contributed by atoms with Gasteiger partial charge >= 0.3 is 0 Å². The molecule has 0 bridgehead atoms. The summed E-state index contributed by atoms with van der Waals surface area (Å²) in [5.41, 5.74) is 1.84. The highest BCUT2D eigenvalue weighted by Crippen LogP contribution is 2.30. The number of nitrogens with one attached hydrogen (secondary N) is 2. The van der Waals surface area contributed by atoms with E-state index in [-0.39, 0.29) is 17.4 Å². The summed E-state index contributed by atoms with van der Waals surface area (Å²) in [5.74, 6) is 0.858. The Balaban J connectivity index is 1.37. The summed E-state index contributed by atoms with van der Waals surface area (Å²) < 4.78 is 5.16. The Morgan fingerprint density at radius 1 is 1.03 bits per heavy atom. The number of carbonyl (C=O) groups excluding carboxylic acids is 2. The second-order valence-corrected chi connectivity index (χ2v) is 8.31. The number of benzene rings is 3. The molecule has 1 saturated heterocycles. The van der Waals surface area contributed by atoms with E-state index >= 15 is 0 Å². The fraction of sp³-hybridized carbons (Fsp3) is 0.308. The van der Waals surface area contributed by atoms with Crippen molar-refractivity contribution in [3.63, 3.8) is 0 Å². The lowest BCUT2D eigenvalue weighted by Gasteiger charge is -2.29. The van der Waals surface area contributed by atoms with Gasteiger partial charge < -0.3 is 15.4 Å². The first-order valence-electron chi connectivity index (χ1n) is 10.7. The molecule has 5 nitrogen and oxygen atoms in total. The highest BCUT2D eigenvalue weighted by molar-refractivity contribution is 5.83. The van der Waals surface area contributed by atoms with E-state index in [4.69, 9.17) is 4.74 Å². The van der Waals surface area contributed by atoms with Gasteiger partial charge in [0.1, 0.15) is 5.75 Å². The fourth-order valence-electron chi connectivity index (χ4n) is 4.31. The van der Waals surface area contributed by atoms with Gasteiger partial charge in [0.05, 0.1) is 7.11 Å². The van der Waals surface area contributed by atoms with Gasteiger partial charge in [-0.15, -0.1) is 0 Å². The molecule has 5 heteroatoms. The van der Waals surface area contributed by atoms with Gasteiger partial charge in [-0.25, -0.2) is 0 Å². The van der Waals surface area contributed by atoms with Crippen LogP contribution in [0.25, 0.3) is 10.8 Å². The largest absolute Gasteiger partial charge is 0.497 e. The molecule has 31 heavy (non-hydrogen) atoms. The smallest absolute Gasteiger partial charge is 0.220 e. The van der Waals surface area contributed by atoms with E-state index in [1.54, 1.807) is 7.11 Å². The lowest BCUT2D eigenvalue weighted by atomic mass is 9.84. The molecule has 1 aliphatic rings. The predicted molar refractivity (Wildman–Crippen MR) is 122 cm³/mol. The zero-order valence-corrected chi connectivity index (χ0v) is 17.8. The minimum atomic E-state index is -0.364. The Morgan fingerprint density at radius 3 is 2.48 bits per heavy atom. The molecule has 2 amide bonds.